The zero-order valence-corrected chi connectivity index (χ0v) is 16.7. The molecule has 2 heterocycles. The number of nitrogens with two attached hydrogens (primary N) is 1. The van der Waals surface area contributed by atoms with Gasteiger partial charge in [0.1, 0.15) is 11.4 Å². The predicted octanol–water partition coefficient (Wildman–Crippen LogP) is 4.32. The summed E-state index contributed by atoms with van der Waals surface area (Å²) in [4.78, 5) is 26.3. The summed E-state index contributed by atoms with van der Waals surface area (Å²) < 4.78 is 6.81. The number of rotatable bonds is 5. The van der Waals surface area contributed by atoms with Gasteiger partial charge in [-0.2, -0.15) is 0 Å². The molecule has 150 valence electrons. The van der Waals surface area contributed by atoms with Crippen LogP contribution in [0, 0.1) is 6.92 Å². The number of benzene rings is 2. The van der Waals surface area contributed by atoms with E-state index in [1.54, 1.807) is 60.2 Å². The molecule has 0 radical (unpaired) electrons. The molecule has 1 amide bonds. The lowest BCUT2D eigenvalue weighted by atomic mass is 10.1. The third-order valence-corrected chi connectivity index (χ3v) is 4.99. The lowest BCUT2D eigenvalue weighted by molar-refractivity contribution is 0.102. The van der Waals surface area contributed by atoms with Crippen LogP contribution in [0.15, 0.2) is 72.9 Å². The lowest BCUT2D eigenvalue weighted by Crippen LogP contribution is -2.14. The number of aryl methyl sites for hydroxylation is 1. The molecule has 0 saturated carbocycles. The van der Waals surface area contributed by atoms with Crippen LogP contribution in [0.5, 0.6) is 5.75 Å². The molecule has 6 nitrogen and oxygen atoms in total. The van der Waals surface area contributed by atoms with Gasteiger partial charge in [-0.1, -0.05) is 23.8 Å². The Hall–Kier alpha value is -4.06. The van der Waals surface area contributed by atoms with Gasteiger partial charge in [-0.05, 0) is 55.5 Å². The molecule has 2 aromatic carbocycles. The largest absolute Gasteiger partial charge is 0.497 e. The number of methoxy groups -OCH3 is 1. The molecule has 0 fully saturated rings. The van der Waals surface area contributed by atoms with Crippen molar-refractivity contribution in [1.29, 1.82) is 0 Å². The Balaban J connectivity index is 1.78. The molecule has 0 atom stereocenters. The maximum Gasteiger partial charge on any atom is 0.259 e. The van der Waals surface area contributed by atoms with Gasteiger partial charge >= 0.3 is 0 Å². The fourth-order valence-corrected chi connectivity index (χ4v) is 3.41. The number of carbonyl (C=O) groups excluding carboxylic acids is 2. The summed E-state index contributed by atoms with van der Waals surface area (Å²) in [6.45, 7) is 1.97. The van der Waals surface area contributed by atoms with E-state index in [0.29, 0.717) is 22.5 Å². The van der Waals surface area contributed by atoms with Crippen LogP contribution >= 0.6 is 0 Å². The van der Waals surface area contributed by atoms with E-state index in [2.05, 4.69) is 5.32 Å². The van der Waals surface area contributed by atoms with Crippen molar-refractivity contribution in [1.82, 2.24) is 4.40 Å². The first-order valence-corrected chi connectivity index (χ1v) is 9.45. The summed E-state index contributed by atoms with van der Waals surface area (Å²) in [5.74, 6) is 0.0114. The highest BCUT2D eigenvalue weighted by molar-refractivity contribution is 6.20. The minimum atomic E-state index is -0.367. The topological polar surface area (TPSA) is 85.8 Å². The Kier molecular flexibility index (Phi) is 4.98. The average Bonchev–Trinajstić information content (AvgIpc) is 3.06. The number of nitrogen functional groups attached to an aromatic ring is 1. The zero-order valence-electron chi connectivity index (χ0n) is 16.7. The Morgan fingerprint density at radius 2 is 1.67 bits per heavy atom. The van der Waals surface area contributed by atoms with Crippen LogP contribution in [-0.2, 0) is 0 Å². The standard InChI is InChI=1S/C24H21N3O3/c1-15-6-10-17(11-7-15)26-24(29)20-19-5-3-4-14-27(19)22(21(20)25)23(28)16-8-12-18(30-2)13-9-16/h3-14H,25H2,1-2H3,(H,26,29). The molecule has 0 spiro atoms. The third-order valence-electron chi connectivity index (χ3n) is 4.99. The number of anilines is 2. The van der Waals surface area contributed by atoms with E-state index in [1.165, 1.54) is 0 Å². The molecule has 0 unspecified atom stereocenters. The maximum absolute atomic E-state index is 13.2. The highest BCUT2D eigenvalue weighted by atomic mass is 16.5. The number of aromatic nitrogens is 1. The van der Waals surface area contributed by atoms with Gasteiger partial charge in [0.25, 0.3) is 5.91 Å². The van der Waals surface area contributed by atoms with Crippen LogP contribution in [-0.4, -0.2) is 23.2 Å². The Labute approximate surface area is 173 Å². The van der Waals surface area contributed by atoms with Gasteiger partial charge in [0.2, 0.25) is 5.78 Å². The van der Waals surface area contributed by atoms with Gasteiger partial charge in [0, 0.05) is 17.4 Å². The number of hydrogen-bond acceptors (Lipinski definition) is 4. The van der Waals surface area contributed by atoms with E-state index in [0.717, 1.165) is 5.56 Å². The molecule has 0 bridgehead atoms. The van der Waals surface area contributed by atoms with Gasteiger partial charge in [0.05, 0.1) is 23.9 Å². The number of ether oxygens (including phenoxy) is 1. The van der Waals surface area contributed by atoms with Crippen molar-refractivity contribution in [3.8, 4) is 5.75 Å². The quantitative estimate of drug-likeness (QED) is 0.489. The highest BCUT2D eigenvalue weighted by Gasteiger charge is 2.26. The maximum atomic E-state index is 13.2. The zero-order chi connectivity index (χ0) is 21.3. The van der Waals surface area contributed by atoms with Crippen LogP contribution in [0.1, 0.15) is 32.0 Å². The third kappa shape index (κ3) is 3.39. The summed E-state index contributed by atoms with van der Waals surface area (Å²) in [6, 6.07) is 19.6. The van der Waals surface area contributed by atoms with Gasteiger partial charge in [-0.3, -0.25) is 9.59 Å². The average molecular weight is 399 g/mol. The second-order valence-corrected chi connectivity index (χ2v) is 6.97. The molecule has 0 aliphatic carbocycles. The summed E-state index contributed by atoms with van der Waals surface area (Å²) in [5.41, 5.74) is 9.80. The Morgan fingerprint density at radius 3 is 2.33 bits per heavy atom. The summed E-state index contributed by atoms with van der Waals surface area (Å²) in [7, 11) is 1.56. The van der Waals surface area contributed by atoms with Crippen LogP contribution < -0.4 is 15.8 Å². The van der Waals surface area contributed by atoms with Gasteiger partial charge < -0.3 is 20.2 Å². The van der Waals surface area contributed by atoms with Crippen molar-refractivity contribution in [3.05, 3.63) is 95.3 Å². The smallest absolute Gasteiger partial charge is 0.259 e. The first kappa shape index (κ1) is 19.3. The molecule has 6 heteroatoms. The Bertz CT molecular complexity index is 1240. The molecule has 4 aromatic rings. The van der Waals surface area contributed by atoms with Crippen LogP contribution in [0.25, 0.3) is 5.52 Å². The molecule has 30 heavy (non-hydrogen) atoms. The lowest BCUT2D eigenvalue weighted by Gasteiger charge is -2.06. The minimum Gasteiger partial charge on any atom is -0.497 e. The number of carbonyl (C=O) groups is 2. The first-order chi connectivity index (χ1) is 14.5. The fraction of sp³-hybridized carbons (Fsp3) is 0.0833. The SMILES string of the molecule is COc1ccc(C(=O)c2c(N)c(C(=O)Nc3ccc(C)cc3)c3ccccn23)cc1. The molecule has 2 aromatic heterocycles. The minimum absolute atomic E-state index is 0.145. The van der Waals surface area contributed by atoms with Crippen molar-refractivity contribution < 1.29 is 14.3 Å². The van der Waals surface area contributed by atoms with Crippen LogP contribution in [0.4, 0.5) is 11.4 Å². The summed E-state index contributed by atoms with van der Waals surface area (Å²) in [5, 5.41) is 2.87. The first-order valence-electron chi connectivity index (χ1n) is 9.45. The normalized spacial score (nSPS) is 10.7. The second kappa shape index (κ2) is 7.75. The number of nitrogens with zero attached hydrogens (tertiary/aromatic N) is 1. The van der Waals surface area contributed by atoms with Gasteiger partial charge in [0.15, 0.2) is 0 Å². The number of amides is 1. The molecule has 4 rings (SSSR count). The molecule has 3 N–H and O–H groups in total. The molecular formula is C24H21N3O3. The van der Waals surface area contributed by atoms with E-state index in [-0.39, 0.29) is 28.6 Å². The Morgan fingerprint density at radius 1 is 0.967 bits per heavy atom. The van der Waals surface area contributed by atoms with Crippen molar-refractivity contribution in [2.24, 2.45) is 0 Å². The molecule has 0 aliphatic heterocycles. The van der Waals surface area contributed by atoms with Crippen molar-refractivity contribution in [3.63, 3.8) is 0 Å². The predicted molar refractivity (Wildman–Crippen MR) is 117 cm³/mol. The molecule has 0 aliphatic rings. The van der Waals surface area contributed by atoms with Crippen LogP contribution in [0.2, 0.25) is 0 Å². The van der Waals surface area contributed by atoms with Gasteiger partial charge in [-0.15, -0.1) is 0 Å². The van der Waals surface area contributed by atoms with E-state index in [9.17, 15) is 9.59 Å². The van der Waals surface area contributed by atoms with E-state index in [1.807, 2.05) is 31.2 Å². The monoisotopic (exact) mass is 399 g/mol. The van der Waals surface area contributed by atoms with Gasteiger partial charge in [-0.25, -0.2) is 0 Å². The van der Waals surface area contributed by atoms with Crippen molar-refractivity contribution >= 4 is 28.6 Å². The molecular weight excluding hydrogens is 378 g/mol. The van der Waals surface area contributed by atoms with Crippen molar-refractivity contribution in [2.45, 2.75) is 6.92 Å². The number of hydrogen-bond donors (Lipinski definition) is 2. The van der Waals surface area contributed by atoms with Crippen LogP contribution in [0.3, 0.4) is 0 Å². The highest BCUT2D eigenvalue weighted by Crippen LogP contribution is 2.29. The number of ketones is 1. The second-order valence-electron chi connectivity index (χ2n) is 6.97. The van der Waals surface area contributed by atoms with Crippen molar-refractivity contribution in [2.75, 3.05) is 18.2 Å². The van der Waals surface area contributed by atoms with E-state index >= 15 is 0 Å². The fourth-order valence-electron chi connectivity index (χ4n) is 3.41. The number of nitrogens with one attached hydrogen (secondary N) is 1. The number of fused-ring (bicyclic) bond motifs is 1. The summed E-state index contributed by atoms with van der Waals surface area (Å²) in [6.07, 6.45) is 1.73. The number of pyridine rings is 1. The van der Waals surface area contributed by atoms with E-state index in [4.69, 9.17) is 10.5 Å². The summed E-state index contributed by atoms with van der Waals surface area (Å²) >= 11 is 0. The molecule has 0 saturated heterocycles. The van der Waals surface area contributed by atoms with E-state index < -0.39 is 0 Å².